The number of hydrogen-bond donors (Lipinski definition) is 0. The van der Waals surface area contributed by atoms with Crippen molar-refractivity contribution in [1.29, 1.82) is 0 Å². The molecule has 4 aliphatic carbocycles. The van der Waals surface area contributed by atoms with E-state index >= 15 is 0 Å². The molecule has 2 fully saturated rings. The predicted octanol–water partition coefficient (Wildman–Crippen LogP) is 5.36. The van der Waals surface area contributed by atoms with Gasteiger partial charge in [-0.3, -0.25) is 4.79 Å². The molecule has 2 saturated carbocycles. The molecular formula is C25H35NO4. The van der Waals surface area contributed by atoms with Gasteiger partial charge >= 0.3 is 11.9 Å². The monoisotopic (exact) mass is 413 g/mol. The Labute approximate surface area is 179 Å². The van der Waals surface area contributed by atoms with E-state index in [0.717, 1.165) is 44.2 Å². The van der Waals surface area contributed by atoms with Gasteiger partial charge in [-0.1, -0.05) is 36.7 Å². The zero-order valence-electron chi connectivity index (χ0n) is 19.0. The molecule has 0 aromatic heterocycles. The van der Waals surface area contributed by atoms with Crippen molar-refractivity contribution in [1.82, 2.24) is 0 Å². The highest BCUT2D eigenvalue weighted by Crippen LogP contribution is 2.65. The molecule has 0 aromatic carbocycles. The van der Waals surface area contributed by atoms with Crippen LogP contribution in [0.2, 0.25) is 0 Å². The number of allylic oxidation sites excluding steroid dienone is 3. The number of hydrogen-bond acceptors (Lipinski definition) is 5. The van der Waals surface area contributed by atoms with Gasteiger partial charge in [0.1, 0.15) is 6.10 Å². The lowest BCUT2D eigenvalue weighted by molar-refractivity contribution is -0.148. The first-order chi connectivity index (χ1) is 14.1. The van der Waals surface area contributed by atoms with Crippen LogP contribution in [0.5, 0.6) is 0 Å². The lowest BCUT2D eigenvalue weighted by atomic mass is 9.47. The maximum absolute atomic E-state index is 11.4. The average molecular weight is 414 g/mol. The van der Waals surface area contributed by atoms with E-state index in [1.807, 2.05) is 6.92 Å². The van der Waals surface area contributed by atoms with E-state index in [-0.39, 0.29) is 28.9 Å². The van der Waals surface area contributed by atoms with Gasteiger partial charge < -0.3 is 9.57 Å². The summed E-state index contributed by atoms with van der Waals surface area (Å²) in [6, 6.07) is 0. The number of oxime groups is 1. The lowest BCUT2D eigenvalue weighted by Crippen LogP contribution is -2.50. The average Bonchev–Trinajstić information content (AvgIpc) is 3.03. The van der Waals surface area contributed by atoms with Crippen LogP contribution in [0.1, 0.15) is 79.6 Å². The summed E-state index contributed by atoms with van der Waals surface area (Å²) < 4.78 is 5.55. The zero-order chi connectivity index (χ0) is 21.7. The molecule has 0 bridgehead atoms. The number of carbonyl (C=O) groups excluding carboxylic acids is 2. The molecule has 6 atom stereocenters. The fourth-order valence-corrected chi connectivity index (χ4v) is 7.27. The van der Waals surface area contributed by atoms with Gasteiger partial charge in [-0.05, 0) is 79.6 Å². The summed E-state index contributed by atoms with van der Waals surface area (Å²) in [6.07, 6.45) is 12.4. The molecule has 5 nitrogen and oxygen atoms in total. The van der Waals surface area contributed by atoms with Crippen molar-refractivity contribution in [2.24, 2.45) is 33.7 Å². The van der Waals surface area contributed by atoms with E-state index in [1.54, 1.807) is 0 Å². The highest BCUT2D eigenvalue weighted by atomic mass is 16.7. The van der Waals surface area contributed by atoms with Gasteiger partial charge in [0, 0.05) is 20.3 Å². The Hall–Kier alpha value is -1.91. The summed E-state index contributed by atoms with van der Waals surface area (Å²) in [4.78, 5) is 27.5. The molecule has 0 radical (unpaired) electrons. The van der Waals surface area contributed by atoms with Crippen LogP contribution in [-0.4, -0.2) is 23.8 Å². The van der Waals surface area contributed by atoms with Crippen molar-refractivity contribution >= 4 is 17.7 Å². The molecule has 0 aromatic rings. The molecule has 0 N–H and O–H groups in total. The van der Waals surface area contributed by atoms with E-state index < -0.39 is 0 Å². The molecule has 164 valence electrons. The summed E-state index contributed by atoms with van der Waals surface area (Å²) in [6.45, 7) is 9.71. The van der Waals surface area contributed by atoms with Crippen molar-refractivity contribution in [3.8, 4) is 0 Å². The van der Waals surface area contributed by atoms with Gasteiger partial charge in [-0.15, -0.1) is 0 Å². The molecule has 0 heterocycles. The Kier molecular flexibility index (Phi) is 5.44. The summed E-state index contributed by atoms with van der Waals surface area (Å²) >= 11 is 0. The van der Waals surface area contributed by atoms with Crippen LogP contribution in [0.4, 0.5) is 0 Å². The fourth-order valence-electron chi connectivity index (χ4n) is 7.27. The molecule has 4 aliphatic rings. The smallest absolute Gasteiger partial charge is 0.331 e. The van der Waals surface area contributed by atoms with Gasteiger partial charge in [0.05, 0.1) is 5.71 Å². The van der Waals surface area contributed by atoms with Crippen LogP contribution in [0, 0.1) is 28.6 Å². The van der Waals surface area contributed by atoms with E-state index in [4.69, 9.17) is 9.57 Å². The Balaban J connectivity index is 1.55. The first-order valence-corrected chi connectivity index (χ1v) is 11.4. The molecule has 30 heavy (non-hydrogen) atoms. The van der Waals surface area contributed by atoms with E-state index in [0.29, 0.717) is 17.8 Å². The SMILES string of the molecule is CC(=O)O/N=C(/C)C1=CC[C@H]2[C@H]3CC=C4C[C@@H](OC(C)=O)CC[C@]4(C)[C@@H]3CC[C@@]12C. The number of rotatable bonds is 3. The third kappa shape index (κ3) is 3.44. The number of nitrogens with zero attached hydrogens (tertiary/aromatic N) is 1. The first-order valence-electron chi connectivity index (χ1n) is 11.4. The Morgan fingerprint density at radius 3 is 2.40 bits per heavy atom. The minimum atomic E-state index is -0.374. The van der Waals surface area contributed by atoms with Gasteiger partial charge in [-0.2, -0.15) is 0 Å². The number of ether oxygens (including phenoxy) is 1. The third-order valence-electron chi connectivity index (χ3n) is 8.67. The summed E-state index contributed by atoms with van der Waals surface area (Å²) in [5, 5.41) is 4.10. The molecule has 0 amide bonds. The first kappa shape index (κ1) is 21.3. The van der Waals surface area contributed by atoms with Gasteiger partial charge in [0.15, 0.2) is 0 Å². The second kappa shape index (κ2) is 7.65. The zero-order valence-corrected chi connectivity index (χ0v) is 19.0. The van der Waals surface area contributed by atoms with Crippen molar-refractivity contribution in [3.05, 3.63) is 23.3 Å². The topological polar surface area (TPSA) is 65.0 Å². The summed E-state index contributed by atoms with van der Waals surface area (Å²) in [5.74, 6) is 1.42. The van der Waals surface area contributed by atoms with E-state index in [2.05, 4.69) is 31.2 Å². The van der Waals surface area contributed by atoms with Gasteiger partial charge in [-0.25, -0.2) is 4.79 Å². The number of carbonyl (C=O) groups is 2. The van der Waals surface area contributed by atoms with Crippen LogP contribution < -0.4 is 0 Å². The highest BCUT2D eigenvalue weighted by Gasteiger charge is 2.57. The second-order valence-corrected chi connectivity index (χ2v) is 10.3. The molecule has 0 saturated heterocycles. The number of fused-ring (bicyclic) bond motifs is 5. The summed E-state index contributed by atoms with van der Waals surface area (Å²) in [5.41, 5.74) is 3.96. The fraction of sp³-hybridized carbons (Fsp3) is 0.720. The number of esters is 1. The quantitative estimate of drug-likeness (QED) is 0.205. The Bertz CT molecular complexity index is 840. The largest absolute Gasteiger partial charge is 0.462 e. The maximum Gasteiger partial charge on any atom is 0.331 e. The normalized spacial score (nSPS) is 40.4. The maximum atomic E-state index is 11.4. The van der Waals surface area contributed by atoms with Crippen molar-refractivity contribution in [2.75, 3.05) is 0 Å². The molecule has 0 aliphatic heterocycles. The van der Waals surface area contributed by atoms with E-state index in [9.17, 15) is 9.59 Å². The van der Waals surface area contributed by atoms with Crippen LogP contribution in [0.15, 0.2) is 28.5 Å². The second-order valence-electron chi connectivity index (χ2n) is 10.3. The van der Waals surface area contributed by atoms with Crippen molar-refractivity contribution in [3.63, 3.8) is 0 Å². The molecule has 0 unspecified atom stereocenters. The van der Waals surface area contributed by atoms with Crippen LogP contribution in [-0.2, 0) is 19.2 Å². The lowest BCUT2D eigenvalue weighted by Gasteiger charge is -2.57. The van der Waals surface area contributed by atoms with Crippen LogP contribution >= 0.6 is 0 Å². The third-order valence-corrected chi connectivity index (χ3v) is 8.67. The van der Waals surface area contributed by atoms with Gasteiger partial charge in [0.25, 0.3) is 0 Å². The van der Waals surface area contributed by atoms with Crippen molar-refractivity contribution in [2.45, 2.75) is 85.7 Å². The van der Waals surface area contributed by atoms with Crippen molar-refractivity contribution < 1.29 is 19.2 Å². The summed E-state index contributed by atoms with van der Waals surface area (Å²) in [7, 11) is 0. The highest BCUT2D eigenvalue weighted by molar-refractivity contribution is 5.99. The standard InChI is InChI=1S/C25H35NO4/c1-15(26-30-17(3)28)21-8-9-22-20-7-6-18-14-19(29-16(2)27)10-12-24(18,4)23(20)11-13-25(21,22)5/h6,8,19-20,22-23H,7,9-14H2,1-5H3/b26-15-/t19-,20+,22-,23+,24-,25-/m0/s1. The Morgan fingerprint density at radius 1 is 0.967 bits per heavy atom. The van der Waals surface area contributed by atoms with E-state index in [1.165, 1.54) is 31.4 Å². The minimum absolute atomic E-state index is 0.0483. The molecule has 5 heteroatoms. The molecular weight excluding hydrogens is 378 g/mol. The minimum Gasteiger partial charge on any atom is -0.462 e. The van der Waals surface area contributed by atoms with Crippen LogP contribution in [0.25, 0.3) is 0 Å². The molecule has 4 rings (SSSR count). The Morgan fingerprint density at radius 2 is 1.70 bits per heavy atom. The molecule has 0 spiro atoms. The predicted molar refractivity (Wildman–Crippen MR) is 116 cm³/mol. The van der Waals surface area contributed by atoms with Crippen LogP contribution in [0.3, 0.4) is 0 Å². The van der Waals surface area contributed by atoms with Gasteiger partial charge in [0.2, 0.25) is 0 Å².